The van der Waals surface area contributed by atoms with E-state index in [-0.39, 0.29) is 6.10 Å². The molecule has 1 nitrogen and oxygen atoms in total. The Morgan fingerprint density at radius 3 is 2.67 bits per heavy atom. The third-order valence-electron chi connectivity index (χ3n) is 1.63. The molecule has 0 unspecified atom stereocenters. The van der Waals surface area contributed by atoms with Gasteiger partial charge in [0.1, 0.15) is 0 Å². The fraction of sp³-hybridized carbons (Fsp3) is 1.00. The predicted octanol–water partition coefficient (Wildman–Crippen LogP) is 1.65. The molecule has 1 aliphatic carbocycles. The van der Waals surface area contributed by atoms with Gasteiger partial charge in [0.05, 0.1) is 6.10 Å². The van der Waals surface area contributed by atoms with Gasteiger partial charge in [0, 0.05) is 5.25 Å². The van der Waals surface area contributed by atoms with Crippen molar-refractivity contribution >= 4 is 11.8 Å². The lowest BCUT2D eigenvalue weighted by molar-refractivity contribution is 0.101. The van der Waals surface area contributed by atoms with E-state index in [9.17, 15) is 0 Å². The average molecular weight is 146 g/mol. The van der Waals surface area contributed by atoms with Gasteiger partial charge in [-0.1, -0.05) is 6.92 Å². The zero-order chi connectivity index (χ0) is 6.69. The smallest absolute Gasteiger partial charge is 0.0561 e. The molecule has 2 heteroatoms. The van der Waals surface area contributed by atoms with Crippen LogP contribution in [0.5, 0.6) is 0 Å². The molecule has 0 aromatic rings. The molecule has 0 bridgehead atoms. The molecule has 1 rings (SSSR count). The van der Waals surface area contributed by atoms with E-state index in [1.54, 1.807) is 0 Å². The molecule has 0 radical (unpaired) electrons. The SMILES string of the molecule is CCCSC1CC(O)C1. The highest BCUT2D eigenvalue weighted by molar-refractivity contribution is 7.99. The summed E-state index contributed by atoms with van der Waals surface area (Å²) < 4.78 is 0. The van der Waals surface area contributed by atoms with Gasteiger partial charge in [0.15, 0.2) is 0 Å². The van der Waals surface area contributed by atoms with Crippen LogP contribution in [0.2, 0.25) is 0 Å². The summed E-state index contributed by atoms with van der Waals surface area (Å²) in [6.45, 7) is 2.20. The van der Waals surface area contributed by atoms with Crippen LogP contribution in [0, 0.1) is 0 Å². The van der Waals surface area contributed by atoms with Crippen molar-refractivity contribution in [2.45, 2.75) is 37.5 Å². The van der Waals surface area contributed by atoms with E-state index in [1.165, 1.54) is 12.2 Å². The van der Waals surface area contributed by atoms with Crippen LogP contribution in [0.25, 0.3) is 0 Å². The highest BCUT2D eigenvalue weighted by atomic mass is 32.2. The van der Waals surface area contributed by atoms with Gasteiger partial charge in [-0.3, -0.25) is 0 Å². The summed E-state index contributed by atoms with van der Waals surface area (Å²) in [5.41, 5.74) is 0. The van der Waals surface area contributed by atoms with Gasteiger partial charge in [-0.05, 0) is 25.0 Å². The number of aliphatic hydroxyl groups excluding tert-OH is 1. The Balaban J connectivity index is 1.91. The molecule has 0 aliphatic heterocycles. The number of rotatable bonds is 3. The molecular weight excluding hydrogens is 132 g/mol. The molecule has 0 aromatic heterocycles. The van der Waals surface area contributed by atoms with Crippen LogP contribution < -0.4 is 0 Å². The second kappa shape index (κ2) is 3.47. The second-order valence-corrected chi connectivity index (χ2v) is 4.03. The van der Waals surface area contributed by atoms with Crippen molar-refractivity contribution in [3.05, 3.63) is 0 Å². The monoisotopic (exact) mass is 146 g/mol. The first-order valence-corrected chi connectivity index (χ1v) is 4.67. The minimum atomic E-state index is 0.0272. The minimum absolute atomic E-state index is 0.0272. The quantitative estimate of drug-likeness (QED) is 0.653. The van der Waals surface area contributed by atoms with Gasteiger partial charge in [-0.15, -0.1) is 0 Å². The molecule has 0 atom stereocenters. The van der Waals surface area contributed by atoms with E-state index in [4.69, 9.17) is 5.11 Å². The Labute approximate surface area is 60.8 Å². The lowest BCUT2D eigenvalue weighted by Gasteiger charge is -2.30. The Bertz CT molecular complexity index is 79.0. The number of aliphatic hydroxyl groups is 1. The zero-order valence-corrected chi connectivity index (χ0v) is 6.66. The van der Waals surface area contributed by atoms with Crippen molar-refractivity contribution < 1.29 is 5.11 Å². The van der Waals surface area contributed by atoms with E-state index in [0.717, 1.165) is 18.1 Å². The molecule has 54 valence electrons. The van der Waals surface area contributed by atoms with Crippen molar-refractivity contribution in [2.24, 2.45) is 0 Å². The lowest BCUT2D eigenvalue weighted by Crippen LogP contribution is -2.30. The molecule has 1 aliphatic rings. The first-order valence-electron chi connectivity index (χ1n) is 3.62. The summed E-state index contributed by atoms with van der Waals surface area (Å²) >= 11 is 2.01. The summed E-state index contributed by atoms with van der Waals surface area (Å²) in [5, 5.41) is 9.68. The Hall–Kier alpha value is 0.310. The fourth-order valence-electron chi connectivity index (χ4n) is 0.958. The first kappa shape index (κ1) is 7.42. The van der Waals surface area contributed by atoms with Crippen LogP contribution in [-0.4, -0.2) is 22.2 Å². The Morgan fingerprint density at radius 2 is 2.22 bits per heavy atom. The molecule has 0 amide bonds. The van der Waals surface area contributed by atoms with Gasteiger partial charge in [-0.2, -0.15) is 11.8 Å². The maximum absolute atomic E-state index is 8.90. The second-order valence-electron chi connectivity index (χ2n) is 2.62. The topological polar surface area (TPSA) is 20.2 Å². The maximum Gasteiger partial charge on any atom is 0.0561 e. The molecule has 1 N–H and O–H groups in total. The van der Waals surface area contributed by atoms with Crippen LogP contribution in [0.15, 0.2) is 0 Å². The van der Waals surface area contributed by atoms with E-state index in [1.807, 2.05) is 11.8 Å². The predicted molar refractivity (Wildman–Crippen MR) is 41.8 cm³/mol. The third-order valence-corrected chi connectivity index (χ3v) is 3.13. The van der Waals surface area contributed by atoms with Crippen LogP contribution in [-0.2, 0) is 0 Å². The van der Waals surface area contributed by atoms with Crippen LogP contribution in [0.4, 0.5) is 0 Å². The van der Waals surface area contributed by atoms with Crippen molar-refractivity contribution in [3.63, 3.8) is 0 Å². The molecular formula is C7H14OS. The summed E-state index contributed by atoms with van der Waals surface area (Å²) in [5.74, 6) is 1.26. The van der Waals surface area contributed by atoms with Gasteiger partial charge in [0.25, 0.3) is 0 Å². The van der Waals surface area contributed by atoms with E-state index in [0.29, 0.717) is 0 Å². The normalized spacial score (nSPS) is 34.0. The van der Waals surface area contributed by atoms with Gasteiger partial charge < -0.3 is 5.11 Å². The molecule has 1 fully saturated rings. The highest BCUT2D eigenvalue weighted by Gasteiger charge is 2.26. The lowest BCUT2D eigenvalue weighted by atomic mass is 9.96. The largest absolute Gasteiger partial charge is 0.393 e. The Morgan fingerprint density at radius 1 is 1.56 bits per heavy atom. The van der Waals surface area contributed by atoms with Crippen molar-refractivity contribution in [1.82, 2.24) is 0 Å². The molecule has 0 spiro atoms. The van der Waals surface area contributed by atoms with E-state index >= 15 is 0 Å². The standard InChI is InChI=1S/C7H14OS/c1-2-3-9-7-4-6(8)5-7/h6-8H,2-5H2,1H3. The van der Waals surface area contributed by atoms with Crippen LogP contribution in [0.3, 0.4) is 0 Å². The summed E-state index contributed by atoms with van der Waals surface area (Å²) in [6.07, 6.45) is 3.35. The average Bonchev–Trinajstić information content (AvgIpc) is 1.78. The van der Waals surface area contributed by atoms with Crippen LogP contribution in [0.1, 0.15) is 26.2 Å². The van der Waals surface area contributed by atoms with Gasteiger partial charge >= 0.3 is 0 Å². The molecule has 9 heavy (non-hydrogen) atoms. The summed E-state index contributed by atoms with van der Waals surface area (Å²) in [6, 6.07) is 0. The van der Waals surface area contributed by atoms with E-state index in [2.05, 4.69) is 6.92 Å². The van der Waals surface area contributed by atoms with Crippen LogP contribution >= 0.6 is 11.8 Å². The highest BCUT2D eigenvalue weighted by Crippen LogP contribution is 2.31. The molecule has 0 saturated heterocycles. The van der Waals surface area contributed by atoms with Crippen molar-refractivity contribution in [2.75, 3.05) is 5.75 Å². The van der Waals surface area contributed by atoms with Crippen molar-refractivity contribution in [3.8, 4) is 0 Å². The minimum Gasteiger partial charge on any atom is -0.393 e. The number of hydrogen-bond acceptors (Lipinski definition) is 2. The van der Waals surface area contributed by atoms with Gasteiger partial charge in [0.2, 0.25) is 0 Å². The van der Waals surface area contributed by atoms with Crippen molar-refractivity contribution in [1.29, 1.82) is 0 Å². The fourth-order valence-corrected chi connectivity index (χ4v) is 2.24. The first-order chi connectivity index (χ1) is 4.33. The Kier molecular flexibility index (Phi) is 2.86. The summed E-state index contributed by atoms with van der Waals surface area (Å²) in [4.78, 5) is 0. The molecule has 1 saturated carbocycles. The molecule has 0 heterocycles. The van der Waals surface area contributed by atoms with E-state index < -0.39 is 0 Å². The zero-order valence-electron chi connectivity index (χ0n) is 5.84. The number of thioether (sulfide) groups is 1. The van der Waals surface area contributed by atoms with Gasteiger partial charge in [-0.25, -0.2) is 0 Å². The third kappa shape index (κ3) is 2.18. The maximum atomic E-state index is 8.90. The summed E-state index contributed by atoms with van der Waals surface area (Å²) in [7, 11) is 0. The number of hydrogen-bond donors (Lipinski definition) is 1. The molecule has 0 aromatic carbocycles.